The van der Waals surface area contributed by atoms with Crippen molar-refractivity contribution in [2.75, 3.05) is 0 Å². The Hall–Kier alpha value is -1.04. The zero-order chi connectivity index (χ0) is 10.5. The van der Waals surface area contributed by atoms with Gasteiger partial charge in [0.2, 0.25) is 0 Å². The van der Waals surface area contributed by atoms with Gasteiger partial charge in [-0.2, -0.15) is 5.26 Å². The molecule has 3 nitrogen and oxygen atoms in total. The van der Waals surface area contributed by atoms with Crippen molar-refractivity contribution in [3.8, 4) is 6.07 Å². The Balaban J connectivity index is 4.97. The van der Waals surface area contributed by atoms with Gasteiger partial charge in [0.15, 0.2) is 5.41 Å². The van der Waals surface area contributed by atoms with Gasteiger partial charge in [0.1, 0.15) is 0 Å². The molecule has 0 aromatic rings. The van der Waals surface area contributed by atoms with E-state index in [2.05, 4.69) is 0 Å². The van der Waals surface area contributed by atoms with Gasteiger partial charge in [-0.3, -0.25) is 4.79 Å². The molecule has 0 saturated heterocycles. The Morgan fingerprint density at radius 2 is 1.92 bits per heavy atom. The van der Waals surface area contributed by atoms with Crippen LogP contribution in [0.3, 0.4) is 0 Å². The quantitative estimate of drug-likeness (QED) is 0.712. The maximum Gasteiger partial charge on any atom is 0.324 e. The molecule has 0 rings (SSSR count). The first kappa shape index (κ1) is 12.0. The number of hydrogen-bond donors (Lipinski definition) is 1. The van der Waals surface area contributed by atoms with Crippen LogP contribution in [-0.2, 0) is 4.79 Å². The molecule has 0 saturated carbocycles. The number of carbonyl (C=O) groups is 1. The van der Waals surface area contributed by atoms with Crippen LogP contribution in [0.15, 0.2) is 0 Å². The summed E-state index contributed by atoms with van der Waals surface area (Å²) in [6, 6.07) is 1.97. The standard InChI is InChI=1S/C10H17NO2/c1-4-8(5-2)10(6-3,7-11)9(12)13/h8H,4-6H2,1-3H3,(H,12,13). The fourth-order valence-electron chi connectivity index (χ4n) is 1.82. The molecule has 1 unspecified atom stereocenters. The molecular formula is C10H17NO2. The van der Waals surface area contributed by atoms with Gasteiger partial charge in [-0.1, -0.05) is 33.6 Å². The fraction of sp³-hybridized carbons (Fsp3) is 0.800. The van der Waals surface area contributed by atoms with Gasteiger partial charge in [0, 0.05) is 0 Å². The van der Waals surface area contributed by atoms with Gasteiger partial charge in [-0.15, -0.1) is 0 Å². The van der Waals surface area contributed by atoms with Gasteiger partial charge in [-0.05, 0) is 12.3 Å². The molecule has 0 bridgehead atoms. The molecule has 0 fully saturated rings. The summed E-state index contributed by atoms with van der Waals surface area (Å²) in [6.45, 7) is 5.62. The minimum absolute atomic E-state index is 0.0417. The van der Waals surface area contributed by atoms with Gasteiger partial charge in [0.25, 0.3) is 0 Å². The van der Waals surface area contributed by atoms with E-state index in [0.717, 1.165) is 12.8 Å². The normalized spacial score (nSPS) is 15.0. The van der Waals surface area contributed by atoms with Crippen LogP contribution in [0.4, 0.5) is 0 Å². The van der Waals surface area contributed by atoms with Crippen LogP contribution in [0.1, 0.15) is 40.0 Å². The predicted molar refractivity (Wildman–Crippen MR) is 50.0 cm³/mol. The van der Waals surface area contributed by atoms with Crippen molar-refractivity contribution in [3.63, 3.8) is 0 Å². The van der Waals surface area contributed by atoms with Crippen LogP contribution in [0, 0.1) is 22.7 Å². The molecule has 1 atom stereocenters. The smallest absolute Gasteiger partial charge is 0.324 e. The van der Waals surface area contributed by atoms with Crippen LogP contribution in [-0.4, -0.2) is 11.1 Å². The Morgan fingerprint density at radius 1 is 1.46 bits per heavy atom. The number of aliphatic carboxylic acids is 1. The number of rotatable bonds is 5. The average Bonchev–Trinajstić information content (AvgIpc) is 2.13. The highest BCUT2D eigenvalue weighted by molar-refractivity contribution is 5.78. The summed E-state index contributed by atoms with van der Waals surface area (Å²) in [6.07, 6.45) is 1.86. The highest BCUT2D eigenvalue weighted by Crippen LogP contribution is 2.35. The average molecular weight is 183 g/mol. The van der Waals surface area contributed by atoms with E-state index in [4.69, 9.17) is 10.4 Å². The monoisotopic (exact) mass is 183 g/mol. The number of carboxylic acids is 1. The number of nitriles is 1. The summed E-state index contributed by atoms with van der Waals surface area (Å²) in [5.74, 6) is -1.02. The van der Waals surface area contributed by atoms with Crippen LogP contribution in [0.2, 0.25) is 0 Å². The summed E-state index contributed by atoms with van der Waals surface area (Å²) in [7, 11) is 0. The van der Waals surface area contributed by atoms with Crippen LogP contribution < -0.4 is 0 Å². The van der Waals surface area contributed by atoms with Crippen molar-refractivity contribution >= 4 is 5.97 Å². The van der Waals surface area contributed by atoms with Gasteiger partial charge < -0.3 is 5.11 Å². The van der Waals surface area contributed by atoms with Crippen molar-refractivity contribution in [2.24, 2.45) is 11.3 Å². The minimum Gasteiger partial charge on any atom is -0.480 e. The van der Waals surface area contributed by atoms with E-state index in [1.165, 1.54) is 0 Å². The van der Waals surface area contributed by atoms with E-state index >= 15 is 0 Å². The van der Waals surface area contributed by atoms with Crippen molar-refractivity contribution in [2.45, 2.75) is 40.0 Å². The third-order valence-electron chi connectivity index (χ3n) is 2.82. The van der Waals surface area contributed by atoms with Crippen molar-refractivity contribution in [3.05, 3.63) is 0 Å². The van der Waals surface area contributed by atoms with Crippen LogP contribution in [0.25, 0.3) is 0 Å². The second-order valence-corrected chi connectivity index (χ2v) is 3.26. The van der Waals surface area contributed by atoms with Crippen molar-refractivity contribution in [1.29, 1.82) is 5.26 Å². The molecule has 0 aliphatic carbocycles. The SMILES string of the molecule is CCC(CC)C(C#N)(CC)C(=O)O. The lowest BCUT2D eigenvalue weighted by Crippen LogP contribution is -2.36. The van der Waals surface area contributed by atoms with E-state index in [9.17, 15) is 4.79 Å². The first-order valence-corrected chi connectivity index (χ1v) is 4.73. The lowest BCUT2D eigenvalue weighted by Gasteiger charge is -2.28. The van der Waals surface area contributed by atoms with Crippen LogP contribution in [0.5, 0.6) is 0 Å². The number of carboxylic acid groups (broad SMARTS) is 1. The third kappa shape index (κ3) is 2.00. The van der Waals surface area contributed by atoms with Gasteiger partial charge in [-0.25, -0.2) is 0 Å². The van der Waals surface area contributed by atoms with E-state index in [-0.39, 0.29) is 5.92 Å². The molecule has 1 N–H and O–H groups in total. The second kappa shape index (κ2) is 4.86. The maximum atomic E-state index is 11.0. The van der Waals surface area contributed by atoms with Crippen molar-refractivity contribution < 1.29 is 9.90 Å². The molecule has 0 aromatic carbocycles. The van der Waals surface area contributed by atoms with E-state index in [1.807, 2.05) is 19.9 Å². The lowest BCUT2D eigenvalue weighted by atomic mass is 9.72. The Kier molecular flexibility index (Phi) is 4.47. The summed E-state index contributed by atoms with van der Waals surface area (Å²) in [5, 5.41) is 18.0. The van der Waals surface area contributed by atoms with Crippen LogP contribution >= 0.6 is 0 Å². The molecule has 0 aliphatic heterocycles. The first-order chi connectivity index (χ1) is 6.08. The fourth-order valence-corrected chi connectivity index (χ4v) is 1.82. The molecule has 13 heavy (non-hydrogen) atoms. The van der Waals surface area contributed by atoms with Crippen molar-refractivity contribution in [1.82, 2.24) is 0 Å². The summed E-state index contributed by atoms with van der Waals surface area (Å²) in [5.41, 5.74) is -1.18. The largest absolute Gasteiger partial charge is 0.480 e. The summed E-state index contributed by atoms with van der Waals surface area (Å²) >= 11 is 0. The zero-order valence-electron chi connectivity index (χ0n) is 8.50. The minimum atomic E-state index is -1.18. The lowest BCUT2D eigenvalue weighted by molar-refractivity contribution is -0.148. The maximum absolute atomic E-state index is 11.0. The molecule has 0 radical (unpaired) electrons. The third-order valence-corrected chi connectivity index (χ3v) is 2.82. The summed E-state index contributed by atoms with van der Waals surface area (Å²) in [4.78, 5) is 11.0. The van der Waals surface area contributed by atoms with E-state index in [1.54, 1.807) is 6.92 Å². The first-order valence-electron chi connectivity index (χ1n) is 4.73. The molecule has 0 amide bonds. The second-order valence-electron chi connectivity index (χ2n) is 3.26. The Bertz CT molecular complexity index is 215. The number of nitrogens with zero attached hydrogens (tertiary/aromatic N) is 1. The molecule has 0 heterocycles. The van der Waals surface area contributed by atoms with Gasteiger partial charge >= 0.3 is 5.97 Å². The predicted octanol–water partition coefficient (Wildman–Crippen LogP) is 2.43. The topological polar surface area (TPSA) is 61.1 Å². The molecule has 0 spiro atoms. The molecule has 0 aliphatic rings. The number of hydrogen-bond acceptors (Lipinski definition) is 2. The zero-order valence-corrected chi connectivity index (χ0v) is 8.50. The highest BCUT2D eigenvalue weighted by Gasteiger charge is 2.43. The van der Waals surface area contributed by atoms with E-state index in [0.29, 0.717) is 6.42 Å². The van der Waals surface area contributed by atoms with Gasteiger partial charge in [0.05, 0.1) is 6.07 Å². The molecule has 0 aromatic heterocycles. The Labute approximate surface area is 79.4 Å². The van der Waals surface area contributed by atoms with E-state index < -0.39 is 11.4 Å². The molecule has 3 heteroatoms. The summed E-state index contributed by atoms with van der Waals surface area (Å²) < 4.78 is 0. The highest BCUT2D eigenvalue weighted by atomic mass is 16.4. The molecular weight excluding hydrogens is 166 g/mol. The molecule has 74 valence electrons. The Morgan fingerprint density at radius 3 is 2.00 bits per heavy atom.